The van der Waals surface area contributed by atoms with Crippen molar-refractivity contribution in [2.75, 3.05) is 19.6 Å². The third-order valence-corrected chi connectivity index (χ3v) is 6.06. The zero-order valence-electron chi connectivity index (χ0n) is 14.4. The van der Waals surface area contributed by atoms with Crippen LogP contribution in [0.5, 0.6) is 0 Å². The normalized spacial score (nSPS) is 17.1. The summed E-state index contributed by atoms with van der Waals surface area (Å²) < 4.78 is 33.4. The van der Waals surface area contributed by atoms with E-state index < -0.39 is 15.9 Å². The predicted molar refractivity (Wildman–Crippen MR) is 97.0 cm³/mol. The third kappa shape index (κ3) is 4.32. The summed E-state index contributed by atoms with van der Waals surface area (Å²) in [6.07, 6.45) is 4.99. The fraction of sp³-hybridized carbons (Fsp3) is 0.389. The van der Waals surface area contributed by atoms with E-state index in [1.54, 1.807) is 6.26 Å². The van der Waals surface area contributed by atoms with Crippen molar-refractivity contribution >= 4 is 15.9 Å². The summed E-state index contributed by atoms with van der Waals surface area (Å²) in [5, 5.41) is 0. The van der Waals surface area contributed by atoms with Gasteiger partial charge in [0.15, 0.2) is 0 Å². The van der Waals surface area contributed by atoms with E-state index >= 15 is 0 Å². The lowest BCUT2D eigenvalue weighted by Gasteiger charge is -2.33. The molecule has 1 aliphatic heterocycles. The monoisotopic (exact) mass is 377 g/mol. The van der Waals surface area contributed by atoms with Gasteiger partial charge in [0.05, 0.1) is 17.2 Å². The molecule has 3 N–H and O–H groups in total. The molecule has 1 saturated heterocycles. The standard InChI is InChI=1S/C18H23N3O4S/c19-18(22)14-6-8-15(9-7-14)26(23,24)20-13-16(17-5-4-12-25-17)21-10-2-1-3-11-21/h4-9,12,16,20H,1-3,10-11,13H2,(H2,19,22). The number of piperidine rings is 1. The van der Waals surface area contributed by atoms with E-state index in [-0.39, 0.29) is 23.0 Å². The van der Waals surface area contributed by atoms with Crippen molar-refractivity contribution in [1.82, 2.24) is 9.62 Å². The van der Waals surface area contributed by atoms with E-state index in [0.29, 0.717) is 0 Å². The van der Waals surface area contributed by atoms with E-state index in [2.05, 4.69) is 9.62 Å². The number of hydrogen-bond acceptors (Lipinski definition) is 5. The highest BCUT2D eigenvalue weighted by atomic mass is 32.2. The van der Waals surface area contributed by atoms with Gasteiger partial charge in [-0.25, -0.2) is 13.1 Å². The Morgan fingerprint density at radius 2 is 1.85 bits per heavy atom. The van der Waals surface area contributed by atoms with Crippen LogP contribution in [0.1, 0.15) is 41.4 Å². The fourth-order valence-electron chi connectivity index (χ4n) is 3.19. The lowest BCUT2D eigenvalue weighted by Crippen LogP contribution is -2.40. The zero-order chi connectivity index (χ0) is 18.6. The highest BCUT2D eigenvalue weighted by Crippen LogP contribution is 2.25. The van der Waals surface area contributed by atoms with Crippen molar-refractivity contribution in [3.05, 3.63) is 54.0 Å². The van der Waals surface area contributed by atoms with Crippen molar-refractivity contribution in [2.24, 2.45) is 5.73 Å². The van der Waals surface area contributed by atoms with Gasteiger partial charge in [-0.05, 0) is 62.3 Å². The van der Waals surface area contributed by atoms with Crippen molar-refractivity contribution in [2.45, 2.75) is 30.2 Å². The first-order valence-electron chi connectivity index (χ1n) is 8.64. The summed E-state index contributed by atoms with van der Waals surface area (Å²) in [7, 11) is -3.70. The molecule has 3 rings (SSSR count). The molecule has 1 unspecified atom stereocenters. The Labute approximate surface area is 153 Å². The molecule has 0 aliphatic carbocycles. The van der Waals surface area contributed by atoms with Crippen LogP contribution >= 0.6 is 0 Å². The maximum Gasteiger partial charge on any atom is 0.248 e. The summed E-state index contributed by atoms with van der Waals surface area (Å²) >= 11 is 0. The van der Waals surface area contributed by atoms with E-state index in [4.69, 9.17) is 10.2 Å². The molecule has 7 nitrogen and oxygen atoms in total. The number of likely N-dealkylation sites (tertiary alicyclic amines) is 1. The number of carbonyl (C=O) groups is 1. The Morgan fingerprint density at radius 3 is 2.42 bits per heavy atom. The molecule has 1 amide bonds. The molecule has 26 heavy (non-hydrogen) atoms. The number of primary amides is 1. The van der Waals surface area contributed by atoms with E-state index in [9.17, 15) is 13.2 Å². The molecule has 0 bridgehead atoms. The number of amides is 1. The lowest BCUT2D eigenvalue weighted by atomic mass is 10.1. The van der Waals surface area contributed by atoms with Gasteiger partial charge in [-0.15, -0.1) is 0 Å². The van der Waals surface area contributed by atoms with Gasteiger partial charge in [-0.3, -0.25) is 9.69 Å². The molecule has 0 spiro atoms. The number of sulfonamides is 1. The van der Waals surface area contributed by atoms with E-state index in [1.165, 1.54) is 30.7 Å². The minimum absolute atomic E-state index is 0.0966. The van der Waals surface area contributed by atoms with Gasteiger partial charge in [-0.1, -0.05) is 6.42 Å². The SMILES string of the molecule is NC(=O)c1ccc(S(=O)(=O)NCC(c2ccco2)N2CCCCC2)cc1. The average Bonchev–Trinajstić information content (AvgIpc) is 3.17. The maximum atomic E-state index is 12.6. The third-order valence-electron chi connectivity index (χ3n) is 4.62. The lowest BCUT2D eigenvalue weighted by molar-refractivity contribution is 0.1000. The Hall–Kier alpha value is -2.16. The molecular formula is C18H23N3O4S. The van der Waals surface area contributed by atoms with Crippen LogP contribution in [-0.4, -0.2) is 38.9 Å². The minimum Gasteiger partial charge on any atom is -0.468 e. The van der Waals surface area contributed by atoms with Crippen LogP contribution in [0, 0.1) is 0 Å². The first-order valence-corrected chi connectivity index (χ1v) is 10.1. The Balaban J connectivity index is 1.73. The van der Waals surface area contributed by atoms with Gasteiger partial charge < -0.3 is 10.2 Å². The molecule has 1 fully saturated rings. The molecule has 1 aromatic carbocycles. The summed E-state index contributed by atoms with van der Waals surface area (Å²) in [4.78, 5) is 13.5. The second-order valence-corrected chi connectivity index (χ2v) is 8.14. The predicted octanol–water partition coefficient (Wildman–Crippen LogP) is 1.88. The zero-order valence-corrected chi connectivity index (χ0v) is 15.2. The molecule has 140 valence electrons. The number of hydrogen-bond donors (Lipinski definition) is 2. The second kappa shape index (κ2) is 8.03. The number of nitrogens with zero attached hydrogens (tertiary/aromatic N) is 1. The van der Waals surface area contributed by atoms with Gasteiger partial charge in [0.25, 0.3) is 0 Å². The van der Waals surface area contributed by atoms with Gasteiger partial charge in [0.1, 0.15) is 5.76 Å². The molecule has 1 atom stereocenters. The minimum atomic E-state index is -3.70. The first kappa shape index (κ1) is 18.6. The Kier molecular flexibility index (Phi) is 5.75. The highest BCUT2D eigenvalue weighted by molar-refractivity contribution is 7.89. The summed E-state index contributed by atoms with van der Waals surface area (Å²) in [5.41, 5.74) is 5.46. The summed E-state index contributed by atoms with van der Waals surface area (Å²) in [6.45, 7) is 2.05. The Bertz CT molecular complexity index is 826. The van der Waals surface area contributed by atoms with Crippen LogP contribution < -0.4 is 10.5 Å². The van der Waals surface area contributed by atoms with Gasteiger partial charge >= 0.3 is 0 Å². The number of furan rings is 1. The van der Waals surface area contributed by atoms with E-state index in [0.717, 1.165) is 31.7 Å². The molecule has 2 heterocycles. The summed E-state index contributed by atoms with van der Waals surface area (Å²) in [6, 6.07) is 9.11. The number of rotatable bonds is 7. The fourth-order valence-corrected chi connectivity index (χ4v) is 4.23. The maximum absolute atomic E-state index is 12.6. The number of benzene rings is 1. The van der Waals surface area contributed by atoms with Crippen molar-refractivity contribution in [3.8, 4) is 0 Å². The number of carbonyl (C=O) groups excluding carboxylic acids is 1. The van der Waals surface area contributed by atoms with Gasteiger partial charge in [-0.2, -0.15) is 0 Å². The van der Waals surface area contributed by atoms with Gasteiger partial charge in [0, 0.05) is 12.1 Å². The summed E-state index contributed by atoms with van der Waals surface area (Å²) in [5.74, 6) is 0.156. The second-order valence-electron chi connectivity index (χ2n) is 6.37. The largest absolute Gasteiger partial charge is 0.468 e. The van der Waals surface area contributed by atoms with Gasteiger partial charge in [0.2, 0.25) is 15.9 Å². The first-order chi connectivity index (χ1) is 12.5. The quantitative estimate of drug-likeness (QED) is 0.766. The number of nitrogens with one attached hydrogen (secondary N) is 1. The van der Waals surface area contributed by atoms with Crippen LogP contribution in [0.4, 0.5) is 0 Å². The molecule has 0 radical (unpaired) electrons. The van der Waals surface area contributed by atoms with Crippen LogP contribution in [-0.2, 0) is 10.0 Å². The molecule has 1 aromatic heterocycles. The van der Waals surface area contributed by atoms with Crippen LogP contribution in [0.25, 0.3) is 0 Å². The molecule has 1 aliphatic rings. The topological polar surface area (TPSA) is 106 Å². The average molecular weight is 377 g/mol. The molecule has 0 saturated carbocycles. The van der Waals surface area contributed by atoms with Crippen LogP contribution in [0.2, 0.25) is 0 Å². The molecule has 2 aromatic rings. The smallest absolute Gasteiger partial charge is 0.248 e. The molecule has 8 heteroatoms. The Morgan fingerprint density at radius 1 is 1.15 bits per heavy atom. The van der Waals surface area contributed by atoms with E-state index in [1.807, 2.05) is 12.1 Å². The number of nitrogens with two attached hydrogens (primary N) is 1. The van der Waals surface area contributed by atoms with Crippen LogP contribution in [0.3, 0.4) is 0 Å². The van der Waals surface area contributed by atoms with Crippen LogP contribution in [0.15, 0.2) is 52.0 Å². The molecular weight excluding hydrogens is 354 g/mol. The van der Waals surface area contributed by atoms with Crippen molar-refractivity contribution in [1.29, 1.82) is 0 Å². The highest BCUT2D eigenvalue weighted by Gasteiger charge is 2.26. The van der Waals surface area contributed by atoms with Crippen molar-refractivity contribution in [3.63, 3.8) is 0 Å². The van der Waals surface area contributed by atoms with Crippen molar-refractivity contribution < 1.29 is 17.6 Å².